The quantitative estimate of drug-likeness (QED) is 0.487. The smallest absolute Gasteiger partial charge is 0.460 e. The number of ketones is 1. The van der Waals surface area contributed by atoms with Gasteiger partial charge in [0, 0.05) is 5.56 Å². The number of carbonyl (C=O) groups is 2. The predicted octanol–water partition coefficient (Wildman–Crippen LogP) is 2.98. The van der Waals surface area contributed by atoms with E-state index in [1.165, 1.54) is 6.92 Å². The number of benzene rings is 1. The lowest BCUT2D eigenvalue weighted by molar-refractivity contribution is -0.274. The minimum atomic E-state index is -4.95. The molecule has 1 rings (SSSR count). The Kier molecular flexibility index (Phi) is 4.77. The fourth-order valence-electron chi connectivity index (χ4n) is 1.16. The lowest BCUT2D eigenvalue weighted by Crippen LogP contribution is -2.19. The van der Waals surface area contributed by atoms with Gasteiger partial charge in [0.1, 0.15) is 5.75 Å². The molecule has 1 aromatic carbocycles. The van der Waals surface area contributed by atoms with Crippen LogP contribution in [0.15, 0.2) is 18.2 Å². The molecular weight excluding hydrogens is 289 g/mol. The van der Waals surface area contributed by atoms with Gasteiger partial charge in [0.05, 0.1) is 11.6 Å². The van der Waals surface area contributed by atoms with E-state index in [1.807, 2.05) is 0 Å². The molecular formula is C11H8ClF3O4. The van der Waals surface area contributed by atoms with E-state index in [2.05, 4.69) is 9.47 Å². The number of Topliss-reactive ketones (excluding diaryl/α,β-unsaturated/α-hetero) is 1. The van der Waals surface area contributed by atoms with E-state index in [1.54, 1.807) is 0 Å². The van der Waals surface area contributed by atoms with Crippen LogP contribution in [0.4, 0.5) is 13.2 Å². The maximum absolute atomic E-state index is 12.1. The lowest BCUT2D eigenvalue weighted by Gasteiger charge is -2.11. The number of alkyl halides is 3. The van der Waals surface area contributed by atoms with Gasteiger partial charge in [-0.25, -0.2) is 4.79 Å². The second kappa shape index (κ2) is 5.92. The third-order valence-corrected chi connectivity index (χ3v) is 2.19. The lowest BCUT2D eigenvalue weighted by atomic mass is 10.1. The van der Waals surface area contributed by atoms with Gasteiger partial charge >= 0.3 is 12.3 Å². The highest BCUT2D eigenvalue weighted by Gasteiger charge is 2.32. The van der Waals surface area contributed by atoms with E-state index >= 15 is 0 Å². The summed E-state index contributed by atoms with van der Waals surface area (Å²) >= 11 is 5.50. The first-order chi connectivity index (χ1) is 8.74. The monoisotopic (exact) mass is 296 g/mol. The SMILES string of the molecule is CCOC(=O)C(=O)c1ccc(Cl)c(OC(F)(F)F)c1. The standard InChI is InChI=1S/C11H8ClF3O4/c1-2-18-10(17)9(16)6-3-4-7(12)8(5-6)19-11(13,14)15/h3-5H,2H2,1H3. The van der Waals surface area contributed by atoms with Crippen LogP contribution in [-0.2, 0) is 9.53 Å². The number of rotatable bonds is 4. The maximum Gasteiger partial charge on any atom is 0.573 e. The molecule has 8 heteroatoms. The zero-order valence-corrected chi connectivity index (χ0v) is 10.3. The summed E-state index contributed by atoms with van der Waals surface area (Å²) in [6.07, 6.45) is -4.95. The Morgan fingerprint density at radius 2 is 1.95 bits per heavy atom. The van der Waals surface area contributed by atoms with E-state index in [-0.39, 0.29) is 17.2 Å². The third-order valence-electron chi connectivity index (χ3n) is 1.88. The predicted molar refractivity (Wildman–Crippen MR) is 59.1 cm³/mol. The number of hydrogen-bond donors (Lipinski definition) is 0. The summed E-state index contributed by atoms with van der Waals surface area (Å²) in [4.78, 5) is 22.7. The fourth-order valence-corrected chi connectivity index (χ4v) is 1.32. The number of halogens is 4. The first-order valence-corrected chi connectivity index (χ1v) is 5.39. The molecule has 19 heavy (non-hydrogen) atoms. The Balaban J connectivity index is 3.02. The van der Waals surface area contributed by atoms with Gasteiger partial charge in [-0.3, -0.25) is 4.79 Å². The molecule has 0 heterocycles. The van der Waals surface area contributed by atoms with Crippen molar-refractivity contribution in [2.75, 3.05) is 6.61 Å². The highest BCUT2D eigenvalue weighted by molar-refractivity contribution is 6.41. The highest BCUT2D eigenvalue weighted by atomic mass is 35.5. The van der Waals surface area contributed by atoms with Crippen LogP contribution in [0, 0.1) is 0 Å². The van der Waals surface area contributed by atoms with Crippen LogP contribution in [0.1, 0.15) is 17.3 Å². The minimum Gasteiger partial charge on any atom is -0.460 e. The van der Waals surface area contributed by atoms with E-state index in [0.29, 0.717) is 0 Å². The van der Waals surface area contributed by atoms with Crippen molar-refractivity contribution in [1.29, 1.82) is 0 Å². The van der Waals surface area contributed by atoms with Crippen LogP contribution >= 0.6 is 11.6 Å². The van der Waals surface area contributed by atoms with Crippen molar-refractivity contribution in [3.05, 3.63) is 28.8 Å². The van der Waals surface area contributed by atoms with Crippen molar-refractivity contribution in [3.63, 3.8) is 0 Å². The topological polar surface area (TPSA) is 52.6 Å². The second-order valence-corrected chi connectivity index (χ2v) is 3.65. The van der Waals surface area contributed by atoms with Crippen molar-refractivity contribution in [2.24, 2.45) is 0 Å². The van der Waals surface area contributed by atoms with Gasteiger partial charge in [-0.05, 0) is 25.1 Å². The third kappa shape index (κ3) is 4.44. The number of carbonyl (C=O) groups excluding carboxylic acids is 2. The molecule has 4 nitrogen and oxygen atoms in total. The zero-order valence-electron chi connectivity index (χ0n) is 9.58. The second-order valence-electron chi connectivity index (χ2n) is 3.24. The molecule has 0 spiro atoms. The number of esters is 1. The Morgan fingerprint density at radius 3 is 2.47 bits per heavy atom. The van der Waals surface area contributed by atoms with Crippen molar-refractivity contribution in [3.8, 4) is 5.75 Å². The highest BCUT2D eigenvalue weighted by Crippen LogP contribution is 2.31. The summed E-state index contributed by atoms with van der Waals surface area (Å²) in [5.74, 6) is -3.00. The summed E-state index contributed by atoms with van der Waals surface area (Å²) in [5.41, 5.74) is -0.304. The Hall–Kier alpha value is -1.76. The molecule has 0 fully saturated rings. The summed E-state index contributed by atoms with van der Waals surface area (Å²) in [6, 6.07) is 2.86. The van der Waals surface area contributed by atoms with E-state index in [9.17, 15) is 22.8 Å². The molecule has 0 N–H and O–H groups in total. The van der Waals surface area contributed by atoms with Gasteiger partial charge in [-0.15, -0.1) is 13.2 Å². The molecule has 0 atom stereocenters. The van der Waals surface area contributed by atoms with Crippen molar-refractivity contribution >= 4 is 23.4 Å². The molecule has 0 saturated carbocycles. The molecule has 1 aromatic rings. The fraction of sp³-hybridized carbons (Fsp3) is 0.273. The summed E-state index contributed by atoms with van der Waals surface area (Å²) in [5, 5.41) is -0.335. The first kappa shape index (κ1) is 15.3. The van der Waals surface area contributed by atoms with Gasteiger partial charge in [0.2, 0.25) is 0 Å². The summed E-state index contributed by atoms with van der Waals surface area (Å²) in [7, 11) is 0. The van der Waals surface area contributed by atoms with E-state index in [4.69, 9.17) is 11.6 Å². The van der Waals surface area contributed by atoms with Crippen LogP contribution in [0.5, 0.6) is 5.75 Å². The van der Waals surface area contributed by atoms with Crippen LogP contribution in [-0.4, -0.2) is 24.7 Å². The average Bonchev–Trinajstić information content (AvgIpc) is 2.29. The minimum absolute atomic E-state index is 0.0237. The molecule has 0 radical (unpaired) electrons. The molecule has 0 aliphatic rings. The van der Waals surface area contributed by atoms with Gasteiger partial charge in [-0.2, -0.15) is 0 Å². The molecule has 0 amide bonds. The van der Waals surface area contributed by atoms with Crippen LogP contribution in [0.25, 0.3) is 0 Å². The van der Waals surface area contributed by atoms with Crippen molar-refractivity contribution in [1.82, 2.24) is 0 Å². The molecule has 0 aliphatic heterocycles. The van der Waals surface area contributed by atoms with Crippen LogP contribution in [0.2, 0.25) is 5.02 Å². The molecule has 0 unspecified atom stereocenters. The average molecular weight is 297 g/mol. The van der Waals surface area contributed by atoms with E-state index < -0.39 is 23.9 Å². The summed E-state index contributed by atoms with van der Waals surface area (Å²) in [6.45, 7) is 1.47. The molecule has 0 saturated heterocycles. The Morgan fingerprint density at radius 1 is 1.32 bits per heavy atom. The van der Waals surface area contributed by atoms with Gasteiger partial charge in [0.25, 0.3) is 5.78 Å². The van der Waals surface area contributed by atoms with Gasteiger partial charge in [-0.1, -0.05) is 11.6 Å². The van der Waals surface area contributed by atoms with E-state index in [0.717, 1.165) is 18.2 Å². The molecule has 0 aliphatic carbocycles. The first-order valence-electron chi connectivity index (χ1n) is 5.01. The van der Waals surface area contributed by atoms with Gasteiger partial charge in [0.15, 0.2) is 0 Å². The largest absolute Gasteiger partial charge is 0.573 e. The number of ether oxygens (including phenoxy) is 2. The van der Waals surface area contributed by atoms with Gasteiger partial charge < -0.3 is 9.47 Å². The normalized spacial score (nSPS) is 11.0. The van der Waals surface area contributed by atoms with Crippen LogP contribution < -0.4 is 4.74 Å². The zero-order chi connectivity index (χ0) is 14.6. The van der Waals surface area contributed by atoms with Crippen molar-refractivity contribution in [2.45, 2.75) is 13.3 Å². The molecule has 0 bridgehead atoms. The maximum atomic E-state index is 12.1. The molecule has 0 aromatic heterocycles. The Bertz CT molecular complexity index is 499. The molecule has 104 valence electrons. The van der Waals surface area contributed by atoms with Crippen LogP contribution in [0.3, 0.4) is 0 Å². The number of hydrogen-bond acceptors (Lipinski definition) is 4. The van der Waals surface area contributed by atoms with Crippen molar-refractivity contribution < 1.29 is 32.2 Å². The summed E-state index contributed by atoms with van der Waals surface area (Å²) < 4.78 is 44.3. The Labute approximate surface area is 111 Å².